The zero-order valence-corrected chi connectivity index (χ0v) is 12.0. The summed E-state index contributed by atoms with van der Waals surface area (Å²) < 4.78 is 9.86. The maximum Gasteiger partial charge on any atom is 0.320 e. The number of hydrogen-bond acceptors (Lipinski definition) is 4. The second-order valence-electron chi connectivity index (χ2n) is 4.32. The highest BCUT2D eigenvalue weighted by Crippen LogP contribution is 2.20. The minimum absolute atomic E-state index is 0.291. The van der Waals surface area contributed by atoms with Gasteiger partial charge in [-0.1, -0.05) is 26.7 Å². The van der Waals surface area contributed by atoms with Crippen LogP contribution in [0.25, 0.3) is 0 Å². The van der Waals surface area contributed by atoms with Crippen LogP contribution in [-0.4, -0.2) is 25.2 Å². The van der Waals surface area contributed by atoms with Crippen LogP contribution in [0.3, 0.4) is 0 Å². The minimum atomic E-state index is -0.759. The maximum atomic E-state index is 11.7. The summed E-state index contributed by atoms with van der Waals surface area (Å²) in [6, 6.07) is 0. The van der Waals surface area contributed by atoms with Crippen molar-refractivity contribution in [1.29, 1.82) is 0 Å². The summed E-state index contributed by atoms with van der Waals surface area (Å²) in [6.45, 7) is 8.30. The number of esters is 2. The van der Waals surface area contributed by atoms with Gasteiger partial charge in [0.15, 0.2) is 5.92 Å². The molecule has 0 unspecified atom stereocenters. The molecule has 0 saturated heterocycles. The van der Waals surface area contributed by atoms with E-state index in [0.717, 1.165) is 19.3 Å². The van der Waals surface area contributed by atoms with E-state index < -0.39 is 17.9 Å². The largest absolute Gasteiger partial charge is 0.465 e. The lowest BCUT2D eigenvalue weighted by atomic mass is 9.92. The molecule has 0 spiro atoms. The molecule has 0 fully saturated rings. The zero-order chi connectivity index (χ0) is 14.0. The van der Waals surface area contributed by atoms with Crippen molar-refractivity contribution in [1.82, 2.24) is 0 Å². The minimum Gasteiger partial charge on any atom is -0.465 e. The Bertz CT molecular complexity index is 228. The highest BCUT2D eigenvalue weighted by molar-refractivity contribution is 5.94. The number of rotatable bonds is 9. The molecule has 0 amide bonds. The standard InChI is InChI=1S/C14H26O4/c1-5-11(6-2)9-10-12(13(15)17-7-3)14(16)18-8-4/h11-12H,5-10H2,1-4H3. The fraction of sp³-hybridized carbons (Fsp3) is 0.857. The van der Waals surface area contributed by atoms with Crippen LogP contribution in [0.5, 0.6) is 0 Å². The predicted molar refractivity (Wildman–Crippen MR) is 70.1 cm³/mol. The van der Waals surface area contributed by atoms with Gasteiger partial charge in [0.1, 0.15) is 0 Å². The smallest absolute Gasteiger partial charge is 0.320 e. The Balaban J connectivity index is 4.46. The normalized spacial score (nSPS) is 10.8. The summed E-state index contributed by atoms with van der Waals surface area (Å²) in [6.07, 6.45) is 3.50. The van der Waals surface area contributed by atoms with Gasteiger partial charge in [-0.3, -0.25) is 9.59 Å². The molecular weight excluding hydrogens is 232 g/mol. The van der Waals surface area contributed by atoms with Gasteiger partial charge < -0.3 is 9.47 Å². The van der Waals surface area contributed by atoms with Crippen molar-refractivity contribution in [3.8, 4) is 0 Å². The van der Waals surface area contributed by atoms with E-state index in [1.54, 1.807) is 13.8 Å². The molecular formula is C14H26O4. The molecule has 18 heavy (non-hydrogen) atoms. The zero-order valence-electron chi connectivity index (χ0n) is 12.0. The highest BCUT2D eigenvalue weighted by Gasteiger charge is 2.29. The van der Waals surface area contributed by atoms with Crippen molar-refractivity contribution >= 4 is 11.9 Å². The van der Waals surface area contributed by atoms with E-state index in [1.165, 1.54) is 0 Å². The van der Waals surface area contributed by atoms with E-state index in [2.05, 4.69) is 13.8 Å². The molecule has 0 aliphatic rings. The third-order valence-corrected chi connectivity index (χ3v) is 3.16. The molecule has 0 aliphatic heterocycles. The first kappa shape index (κ1) is 16.9. The first-order valence-electron chi connectivity index (χ1n) is 6.93. The van der Waals surface area contributed by atoms with Crippen LogP contribution in [0.1, 0.15) is 53.4 Å². The van der Waals surface area contributed by atoms with Gasteiger partial charge in [0.25, 0.3) is 0 Å². The van der Waals surface area contributed by atoms with Gasteiger partial charge in [0.05, 0.1) is 13.2 Å². The summed E-state index contributed by atoms with van der Waals surface area (Å²) in [4.78, 5) is 23.5. The van der Waals surface area contributed by atoms with Crippen molar-refractivity contribution < 1.29 is 19.1 Å². The predicted octanol–water partition coefficient (Wildman–Crippen LogP) is 2.95. The third kappa shape index (κ3) is 6.03. The lowest BCUT2D eigenvalue weighted by Gasteiger charge is -2.17. The lowest BCUT2D eigenvalue weighted by Crippen LogP contribution is -2.28. The van der Waals surface area contributed by atoms with E-state index in [-0.39, 0.29) is 0 Å². The van der Waals surface area contributed by atoms with Crippen LogP contribution in [0.15, 0.2) is 0 Å². The summed E-state index contributed by atoms with van der Waals surface area (Å²) in [5, 5.41) is 0. The first-order chi connectivity index (χ1) is 8.60. The lowest BCUT2D eigenvalue weighted by molar-refractivity contribution is -0.162. The van der Waals surface area contributed by atoms with E-state index in [4.69, 9.17) is 9.47 Å². The van der Waals surface area contributed by atoms with Crippen LogP contribution < -0.4 is 0 Å². The number of carbonyl (C=O) groups is 2. The Kier molecular flexibility index (Phi) is 9.33. The quantitative estimate of drug-likeness (QED) is 0.471. The summed E-state index contributed by atoms with van der Waals surface area (Å²) >= 11 is 0. The number of ether oxygens (including phenoxy) is 2. The molecule has 0 atom stereocenters. The molecule has 0 aliphatic carbocycles. The summed E-state index contributed by atoms with van der Waals surface area (Å²) in [5.41, 5.74) is 0. The molecule has 0 aromatic carbocycles. The second kappa shape index (κ2) is 9.92. The van der Waals surface area contributed by atoms with Crippen molar-refractivity contribution in [3.05, 3.63) is 0 Å². The van der Waals surface area contributed by atoms with Crippen molar-refractivity contribution in [2.45, 2.75) is 53.4 Å². The van der Waals surface area contributed by atoms with Gasteiger partial charge in [-0.25, -0.2) is 0 Å². The van der Waals surface area contributed by atoms with E-state index in [0.29, 0.717) is 25.6 Å². The van der Waals surface area contributed by atoms with Gasteiger partial charge >= 0.3 is 11.9 Å². The topological polar surface area (TPSA) is 52.6 Å². The Hall–Kier alpha value is -1.06. The second-order valence-corrected chi connectivity index (χ2v) is 4.32. The van der Waals surface area contributed by atoms with Crippen LogP contribution in [0.4, 0.5) is 0 Å². The highest BCUT2D eigenvalue weighted by atomic mass is 16.6. The molecule has 0 heterocycles. The molecule has 0 N–H and O–H groups in total. The van der Waals surface area contributed by atoms with Gasteiger partial charge in [0, 0.05) is 0 Å². The molecule has 0 radical (unpaired) electrons. The SMILES string of the molecule is CCOC(=O)C(CCC(CC)CC)C(=O)OCC. The summed E-state index contributed by atoms with van der Waals surface area (Å²) in [5.74, 6) is -1.12. The fourth-order valence-electron chi connectivity index (χ4n) is 1.92. The molecule has 106 valence electrons. The fourth-order valence-corrected chi connectivity index (χ4v) is 1.92. The van der Waals surface area contributed by atoms with Gasteiger partial charge in [-0.05, 0) is 32.6 Å². The number of carbonyl (C=O) groups excluding carboxylic acids is 2. The molecule has 4 nitrogen and oxygen atoms in total. The van der Waals surface area contributed by atoms with Crippen molar-refractivity contribution in [3.63, 3.8) is 0 Å². The van der Waals surface area contributed by atoms with Crippen LogP contribution >= 0.6 is 0 Å². The van der Waals surface area contributed by atoms with Gasteiger partial charge in [-0.2, -0.15) is 0 Å². The molecule has 0 aromatic heterocycles. The van der Waals surface area contributed by atoms with Gasteiger partial charge in [0.2, 0.25) is 0 Å². The number of hydrogen-bond donors (Lipinski definition) is 0. The van der Waals surface area contributed by atoms with Crippen molar-refractivity contribution in [2.75, 3.05) is 13.2 Å². The van der Waals surface area contributed by atoms with E-state index in [1.807, 2.05) is 0 Å². The van der Waals surface area contributed by atoms with Crippen LogP contribution in [0.2, 0.25) is 0 Å². The Morgan fingerprint density at radius 2 is 1.28 bits per heavy atom. The van der Waals surface area contributed by atoms with Crippen LogP contribution in [0, 0.1) is 11.8 Å². The Morgan fingerprint density at radius 1 is 0.833 bits per heavy atom. The Morgan fingerprint density at radius 3 is 1.61 bits per heavy atom. The van der Waals surface area contributed by atoms with Crippen LogP contribution in [-0.2, 0) is 19.1 Å². The average Bonchev–Trinajstić information content (AvgIpc) is 2.35. The Labute approximate surface area is 110 Å². The van der Waals surface area contributed by atoms with Crippen molar-refractivity contribution in [2.24, 2.45) is 11.8 Å². The monoisotopic (exact) mass is 258 g/mol. The van der Waals surface area contributed by atoms with Gasteiger partial charge in [-0.15, -0.1) is 0 Å². The summed E-state index contributed by atoms with van der Waals surface area (Å²) in [7, 11) is 0. The third-order valence-electron chi connectivity index (χ3n) is 3.16. The average molecular weight is 258 g/mol. The molecule has 0 aromatic rings. The maximum absolute atomic E-state index is 11.7. The van der Waals surface area contributed by atoms with E-state index >= 15 is 0 Å². The molecule has 4 heteroatoms. The van der Waals surface area contributed by atoms with E-state index in [9.17, 15) is 9.59 Å². The first-order valence-corrected chi connectivity index (χ1v) is 6.93. The molecule has 0 bridgehead atoms. The molecule has 0 saturated carbocycles. The molecule has 0 rings (SSSR count).